The largest absolute Gasteiger partial charge is 0.366 e. The lowest BCUT2D eigenvalue weighted by molar-refractivity contribution is 0.100. The second kappa shape index (κ2) is 6.47. The maximum atomic E-state index is 11.9. The van der Waals surface area contributed by atoms with Gasteiger partial charge in [0.1, 0.15) is 0 Å². The lowest BCUT2D eigenvalue weighted by Gasteiger charge is -2.11. The number of urea groups is 1. The molecular weight excluding hydrogens is 313 g/mol. The van der Waals surface area contributed by atoms with Gasteiger partial charge in [0.05, 0.1) is 22.0 Å². The van der Waals surface area contributed by atoms with Crippen LogP contribution in [0.25, 0.3) is 0 Å². The van der Waals surface area contributed by atoms with E-state index in [1.807, 2.05) is 0 Å². The highest BCUT2D eigenvalue weighted by molar-refractivity contribution is 6.36. The molecule has 108 valence electrons. The minimum Gasteiger partial charge on any atom is -0.366 e. The van der Waals surface area contributed by atoms with Crippen LogP contribution in [0.3, 0.4) is 0 Å². The first-order valence-electron chi connectivity index (χ1n) is 5.89. The molecule has 0 aliphatic heterocycles. The van der Waals surface area contributed by atoms with Crippen molar-refractivity contribution in [1.29, 1.82) is 0 Å². The summed E-state index contributed by atoms with van der Waals surface area (Å²) in [7, 11) is 0. The van der Waals surface area contributed by atoms with Crippen LogP contribution in [0.15, 0.2) is 42.5 Å². The standard InChI is InChI=1S/C14H11Cl2N3O2/c15-8-5-6-12(10(16)7-8)19-14(21)18-11-4-2-1-3-9(11)13(17)20/h1-7H,(H2,17,20)(H2,18,19,21). The Hall–Kier alpha value is -2.24. The summed E-state index contributed by atoms with van der Waals surface area (Å²) in [4.78, 5) is 23.2. The van der Waals surface area contributed by atoms with E-state index >= 15 is 0 Å². The predicted molar refractivity (Wildman–Crippen MR) is 84.1 cm³/mol. The van der Waals surface area contributed by atoms with Crippen molar-refractivity contribution in [2.45, 2.75) is 0 Å². The minimum absolute atomic E-state index is 0.217. The molecule has 0 saturated carbocycles. The summed E-state index contributed by atoms with van der Waals surface area (Å²) in [6.45, 7) is 0. The number of amides is 3. The van der Waals surface area contributed by atoms with Gasteiger partial charge >= 0.3 is 6.03 Å². The Morgan fingerprint density at radius 3 is 2.29 bits per heavy atom. The van der Waals surface area contributed by atoms with Crippen LogP contribution >= 0.6 is 23.2 Å². The van der Waals surface area contributed by atoms with Crippen molar-refractivity contribution in [3.63, 3.8) is 0 Å². The first-order chi connectivity index (χ1) is 9.97. The number of rotatable bonds is 3. The van der Waals surface area contributed by atoms with Gasteiger partial charge in [0.25, 0.3) is 5.91 Å². The number of primary amides is 1. The summed E-state index contributed by atoms with van der Waals surface area (Å²) in [6.07, 6.45) is 0. The van der Waals surface area contributed by atoms with Crippen LogP contribution in [0.4, 0.5) is 16.2 Å². The van der Waals surface area contributed by atoms with Crippen molar-refractivity contribution in [2.75, 3.05) is 10.6 Å². The monoisotopic (exact) mass is 323 g/mol. The molecule has 0 unspecified atom stereocenters. The van der Waals surface area contributed by atoms with Gasteiger partial charge in [-0.1, -0.05) is 35.3 Å². The van der Waals surface area contributed by atoms with Crippen LogP contribution in [0, 0.1) is 0 Å². The molecule has 5 nitrogen and oxygen atoms in total. The van der Waals surface area contributed by atoms with Crippen LogP contribution in [0.2, 0.25) is 10.0 Å². The van der Waals surface area contributed by atoms with E-state index in [1.165, 1.54) is 12.1 Å². The molecule has 0 radical (unpaired) electrons. The third kappa shape index (κ3) is 3.87. The molecule has 0 aliphatic carbocycles. The number of anilines is 2. The van der Waals surface area contributed by atoms with Gasteiger partial charge in [-0.2, -0.15) is 0 Å². The van der Waals surface area contributed by atoms with Crippen LogP contribution in [0.5, 0.6) is 0 Å². The van der Waals surface area contributed by atoms with Crippen molar-refractivity contribution >= 4 is 46.5 Å². The summed E-state index contributed by atoms with van der Waals surface area (Å²) < 4.78 is 0. The van der Waals surface area contributed by atoms with Crippen molar-refractivity contribution < 1.29 is 9.59 Å². The van der Waals surface area contributed by atoms with Gasteiger partial charge in [-0.05, 0) is 30.3 Å². The van der Waals surface area contributed by atoms with E-state index in [-0.39, 0.29) is 5.56 Å². The Labute approximate surface area is 131 Å². The molecule has 0 spiro atoms. The average Bonchev–Trinajstić information content (AvgIpc) is 2.42. The van der Waals surface area contributed by atoms with E-state index in [2.05, 4.69) is 10.6 Å². The number of nitrogens with two attached hydrogens (primary N) is 1. The summed E-state index contributed by atoms with van der Waals surface area (Å²) in [5, 5.41) is 5.87. The Morgan fingerprint density at radius 2 is 1.62 bits per heavy atom. The highest BCUT2D eigenvalue weighted by atomic mass is 35.5. The summed E-state index contributed by atoms with van der Waals surface area (Å²) >= 11 is 11.7. The first kappa shape index (κ1) is 15.2. The molecule has 0 atom stereocenters. The molecule has 2 aromatic carbocycles. The number of para-hydroxylation sites is 1. The Kier molecular flexibility index (Phi) is 4.67. The van der Waals surface area contributed by atoms with Crippen molar-refractivity contribution in [3.05, 3.63) is 58.1 Å². The van der Waals surface area contributed by atoms with Gasteiger partial charge in [0.15, 0.2) is 0 Å². The van der Waals surface area contributed by atoms with E-state index in [9.17, 15) is 9.59 Å². The van der Waals surface area contributed by atoms with E-state index in [1.54, 1.807) is 30.3 Å². The molecule has 7 heteroatoms. The minimum atomic E-state index is -0.629. The van der Waals surface area contributed by atoms with Gasteiger partial charge < -0.3 is 16.4 Å². The SMILES string of the molecule is NC(=O)c1ccccc1NC(=O)Nc1ccc(Cl)cc1Cl. The molecule has 3 amide bonds. The highest BCUT2D eigenvalue weighted by Crippen LogP contribution is 2.25. The third-order valence-electron chi connectivity index (χ3n) is 2.62. The fourth-order valence-electron chi connectivity index (χ4n) is 1.67. The summed E-state index contributed by atoms with van der Waals surface area (Å²) in [5.74, 6) is -0.629. The molecule has 0 aromatic heterocycles. The van der Waals surface area contributed by atoms with Crippen LogP contribution < -0.4 is 16.4 Å². The number of hydrogen-bond donors (Lipinski definition) is 3. The number of benzene rings is 2. The molecule has 2 rings (SSSR count). The van der Waals surface area contributed by atoms with Crippen LogP contribution in [0.1, 0.15) is 10.4 Å². The van der Waals surface area contributed by atoms with E-state index in [0.717, 1.165) is 0 Å². The predicted octanol–water partition coefficient (Wildman–Crippen LogP) is 3.74. The second-order valence-corrected chi connectivity index (χ2v) is 4.96. The molecule has 21 heavy (non-hydrogen) atoms. The fraction of sp³-hybridized carbons (Fsp3) is 0. The quantitative estimate of drug-likeness (QED) is 0.803. The van der Waals surface area contributed by atoms with Crippen LogP contribution in [-0.2, 0) is 0 Å². The van der Waals surface area contributed by atoms with E-state index in [4.69, 9.17) is 28.9 Å². The maximum Gasteiger partial charge on any atom is 0.323 e. The lowest BCUT2D eigenvalue weighted by atomic mass is 10.1. The Bertz CT molecular complexity index is 704. The molecule has 4 N–H and O–H groups in total. The smallest absolute Gasteiger partial charge is 0.323 e. The molecule has 0 bridgehead atoms. The van der Waals surface area contributed by atoms with Gasteiger partial charge in [0.2, 0.25) is 0 Å². The number of halogens is 2. The van der Waals surface area contributed by atoms with Crippen molar-refractivity contribution in [2.24, 2.45) is 5.73 Å². The molecular formula is C14H11Cl2N3O2. The average molecular weight is 324 g/mol. The summed E-state index contributed by atoms with van der Waals surface area (Å²) in [6, 6.07) is 10.6. The normalized spacial score (nSPS) is 10.0. The molecule has 2 aromatic rings. The van der Waals surface area contributed by atoms with E-state index < -0.39 is 11.9 Å². The van der Waals surface area contributed by atoms with Gasteiger partial charge in [-0.3, -0.25) is 4.79 Å². The van der Waals surface area contributed by atoms with Crippen molar-refractivity contribution in [1.82, 2.24) is 0 Å². The first-order valence-corrected chi connectivity index (χ1v) is 6.65. The van der Waals surface area contributed by atoms with Gasteiger partial charge in [-0.25, -0.2) is 4.79 Å². The maximum absolute atomic E-state index is 11.9. The van der Waals surface area contributed by atoms with Gasteiger partial charge in [-0.15, -0.1) is 0 Å². The second-order valence-electron chi connectivity index (χ2n) is 4.11. The van der Waals surface area contributed by atoms with Crippen molar-refractivity contribution in [3.8, 4) is 0 Å². The van der Waals surface area contributed by atoms with Crippen LogP contribution in [-0.4, -0.2) is 11.9 Å². The topological polar surface area (TPSA) is 84.2 Å². The Morgan fingerprint density at radius 1 is 0.952 bits per heavy atom. The number of carbonyl (C=O) groups excluding carboxylic acids is 2. The zero-order valence-electron chi connectivity index (χ0n) is 10.7. The third-order valence-corrected chi connectivity index (χ3v) is 3.17. The number of nitrogens with one attached hydrogen (secondary N) is 2. The summed E-state index contributed by atoms with van der Waals surface area (Å²) in [5.41, 5.74) is 6.17. The Balaban J connectivity index is 2.14. The zero-order valence-corrected chi connectivity index (χ0v) is 12.2. The molecule has 0 heterocycles. The zero-order chi connectivity index (χ0) is 15.4. The number of hydrogen-bond acceptors (Lipinski definition) is 2. The lowest BCUT2D eigenvalue weighted by Crippen LogP contribution is -2.22. The highest BCUT2D eigenvalue weighted by Gasteiger charge is 2.11. The number of carbonyl (C=O) groups is 2. The molecule has 0 saturated heterocycles. The molecule has 0 fully saturated rings. The fourth-order valence-corrected chi connectivity index (χ4v) is 2.13. The molecule has 0 aliphatic rings. The van der Waals surface area contributed by atoms with Gasteiger partial charge in [0, 0.05) is 5.02 Å². The van der Waals surface area contributed by atoms with E-state index in [0.29, 0.717) is 21.4 Å².